The van der Waals surface area contributed by atoms with E-state index in [4.69, 9.17) is 5.73 Å². The SMILES string of the molecule is CCN(CC)C1CCN(C(CN)c2ccccc2F)C1. The van der Waals surface area contributed by atoms with E-state index in [2.05, 4.69) is 23.6 Å². The Morgan fingerprint density at radius 2 is 2.05 bits per heavy atom. The molecule has 0 aliphatic carbocycles. The van der Waals surface area contributed by atoms with Crippen molar-refractivity contribution in [2.24, 2.45) is 5.73 Å². The Morgan fingerprint density at radius 1 is 1.35 bits per heavy atom. The van der Waals surface area contributed by atoms with E-state index < -0.39 is 0 Å². The highest BCUT2D eigenvalue weighted by Gasteiger charge is 2.31. The van der Waals surface area contributed by atoms with Gasteiger partial charge in [-0.15, -0.1) is 0 Å². The van der Waals surface area contributed by atoms with Crippen molar-refractivity contribution in [2.45, 2.75) is 32.4 Å². The summed E-state index contributed by atoms with van der Waals surface area (Å²) >= 11 is 0. The quantitative estimate of drug-likeness (QED) is 0.867. The molecule has 0 saturated carbocycles. The van der Waals surface area contributed by atoms with Crippen molar-refractivity contribution >= 4 is 0 Å². The van der Waals surface area contributed by atoms with E-state index in [1.807, 2.05) is 12.1 Å². The molecule has 1 aliphatic heterocycles. The average Bonchev–Trinajstić information content (AvgIpc) is 2.93. The van der Waals surface area contributed by atoms with Gasteiger partial charge in [0.25, 0.3) is 0 Å². The Kier molecular flexibility index (Phi) is 5.52. The number of nitrogens with two attached hydrogens (primary N) is 1. The zero-order valence-electron chi connectivity index (χ0n) is 12.6. The maximum absolute atomic E-state index is 14.0. The molecule has 1 aromatic rings. The predicted molar refractivity (Wildman–Crippen MR) is 81.1 cm³/mol. The first kappa shape index (κ1) is 15.4. The summed E-state index contributed by atoms with van der Waals surface area (Å²) in [5.41, 5.74) is 6.65. The first-order chi connectivity index (χ1) is 9.71. The number of likely N-dealkylation sites (tertiary alicyclic amines) is 1. The Morgan fingerprint density at radius 3 is 2.65 bits per heavy atom. The lowest BCUT2D eigenvalue weighted by atomic mass is 10.1. The number of halogens is 1. The van der Waals surface area contributed by atoms with Crippen LogP contribution in [0.5, 0.6) is 0 Å². The molecule has 0 radical (unpaired) electrons. The fourth-order valence-electron chi connectivity index (χ4n) is 3.31. The first-order valence-electron chi connectivity index (χ1n) is 7.63. The molecule has 0 amide bonds. The van der Waals surface area contributed by atoms with Crippen LogP contribution in [-0.4, -0.2) is 48.6 Å². The summed E-state index contributed by atoms with van der Waals surface area (Å²) in [7, 11) is 0. The summed E-state index contributed by atoms with van der Waals surface area (Å²) in [5.74, 6) is -0.144. The van der Waals surface area contributed by atoms with Crippen LogP contribution in [0.2, 0.25) is 0 Å². The zero-order chi connectivity index (χ0) is 14.5. The normalized spacial score (nSPS) is 21.6. The van der Waals surface area contributed by atoms with Crippen molar-refractivity contribution in [1.82, 2.24) is 9.80 Å². The fourth-order valence-corrected chi connectivity index (χ4v) is 3.31. The highest BCUT2D eigenvalue weighted by molar-refractivity contribution is 5.22. The summed E-state index contributed by atoms with van der Waals surface area (Å²) in [5, 5.41) is 0. The Balaban J connectivity index is 2.09. The maximum Gasteiger partial charge on any atom is 0.128 e. The summed E-state index contributed by atoms with van der Waals surface area (Å²) in [6.07, 6.45) is 1.15. The van der Waals surface area contributed by atoms with E-state index in [9.17, 15) is 4.39 Å². The van der Waals surface area contributed by atoms with Gasteiger partial charge in [-0.05, 0) is 25.6 Å². The van der Waals surface area contributed by atoms with Gasteiger partial charge in [-0.1, -0.05) is 32.0 Å². The van der Waals surface area contributed by atoms with Gasteiger partial charge in [-0.3, -0.25) is 9.80 Å². The Hall–Kier alpha value is -0.970. The Labute approximate surface area is 121 Å². The van der Waals surface area contributed by atoms with E-state index in [1.54, 1.807) is 6.07 Å². The van der Waals surface area contributed by atoms with Crippen molar-refractivity contribution in [3.8, 4) is 0 Å². The molecule has 1 aliphatic rings. The molecule has 112 valence electrons. The van der Waals surface area contributed by atoms with Crippen LogP contribution in [0.4, 0.5) is 4.39 Å². The van der Waals surface area contributed by atoms with Crippen molar-refractivity contribution in [3.05, 3.63) is 35.6 Å². The monoisotopic (exact) mass is 279 g/mol. The number of hydrogen-bond acceptors (Lipinski definition) is 3. The van der Waals surface area contributed by atoms with Gasteiger partial charge in [0.1, 0.15) is 5.82 Å². The summed E-state index contributed by atoms with van der Waals surface area (Å²) in [4.78, 5) is 4.82. The van der Waals surface area contributed by atoms with Crippen molar-refractivity contribution in [1.29, 1.82) is 0 Å². The molecule has 1 saturated heterocycles. The van der Waals surface area contributed by atoms with E-state index in [-0.39, 0.29) is 11.9 Å². The second-order valence-electron chi connectivity index (χ2n) is 5.43. The van der Waals surface area contributed by atoms with Crippen LogP contribution >= 0.6 is 0 Å². The van der Waals surface area contributed by atoms with Gasteiger partial charge in [0, 0.05) is 37.3 Å². The molecule has 4 heteroatoms. The highest BCUT2D eigenvalue weighted by atomic mass is 19.1. The van der Waals surface area contributed by atoms with Crippen molar-refractivity contribution in [3.63, 3.8) is 0 Å². The summed E-state index contributed by atoms with van der Waals surface area (Å²) in [6.45, 7) is 8.98. The lowest BCUT2D eigenvalue weighted by Crippen LogP contribution is -2.39. The largest absolute Gasteiger partial charge is 0.329 e. The van der Waals surface area contributed by atoms with Crippen LogP contribution in [-0.2, 0) is 0 Å². The topological polar surface area (TPSA) is 32.5 Å². The van der Waals surface area contributed by atoms with E-state index in [0.29, 0.717) is 12.6 Å². The van der Waals surface area contributed by atoms with Crippen molar-refractivity contribution in [2.75, 3.05) is 32.7 Å². The number of benzene rings is 1. The van der Waals surface area contributed by atoms with E-state index in [0.717, 1.165) is 38.2 Å². The average molecular weight is 279 g/mol. The number of rotatable bonds is 6. The molecule has 0 aromatic heterocycles. The second-order valence-corrected chi connectivity index (χ2v) is 5.43. The maximum atomic E-state index is 14.0. The molecular weight excluding hydrogens is 253 g/mol. The minimum Gasteiger partial charge on any atom is -0.329 e. The lowest BCUT2D eigenvalue weighted by molar-refractivity contribution is 0.188. The molecule has 1 heterocycles. The predicted octanol–water partition coefficient (Wildman–Crippen LogP) is 2.24. The third-order valence-corrected chi connectivity index (χ3v) is 4.45. The first-order valence-corrected chi connectivity index (χ1v) is 7.63. The van der Waals surface area contributed by atoms with Crippen LogP contribution in [0.25, 0.3) is 0 Å². The molecule has 2 unspecified atom stereocenters. The molecule has 3 nitrogen and oxygen atoms in total. The van der Waals surface area contributed by atoms with Gasteiger partial charge in [-0.2, -0.15) is 0 Å². The van der Waals surface area contributed by atoms with Gasteiger partial charge in [0.15, 0.2) is 0 Å². The lowest BCUT2D eigenvalue weighted by Gasteiger charge is -2.30. The van der Waals surface area contributed by atoms with Gasteiger partial charge in [0.05, 0.1) is 0 Å². The van der Waals surface area contributed by atoms with Crippen molar-refractivity contribution < 1.29 is 4.39 Å². The van der Waals surface area contributed by atoms with Crippen LogP contribution in [0.15, 0.2) is 24.3 Å². The third kappa shape index (κ3) is 3.19. The molecule has 0 spiro atoms. The molecule has 20 heavy (non-hydrogen) atoms. The zero-order valence-corrected chi connectivity index (χ0v) is 12.6. The minimum absolute atomic E-state index is 0.00300. The number of hydrogen-bond donors (Lipinski definition) is 1. The van der Waals surface area contributed by atoms with E-state index >= 15 is 0 Å². The smallest absolute Gasteiger partial charge is 0.128 e. The molecule has 2 atom stereocenters. The second kappa shape index (κ2) is 7.16. The molecule has 2 N–H and O–H groups in total. The van der Waals surface area contributed by atoms with Gasteiger partial charge in [0.2, 0.25) is 0 Å². The van der Waals surface area contributed by atoms with Crippen LogP contribution < -0.4 is 5.73 Å². The molecule has 0 bridgehead atoms. The fraction of sp³-hybridized carbons (Fsp3) is 0.625. The molecule has 1 aromatic carbocycles. The van der Waals surface area contributed by atoms with Gasteiger partial charge in [-0.25, -0.2) is 4.39 Å². The number of likely N-dealkylation sites (N-methyl/N-ethyl adjacent to an activating group) is 1. The third-order valence-electron chi connectivity index (χ3n) is 4.45. The molecule has 1 fully saturated rings. The minimum atomic E-state index is -0.144. The van der Waals surface area contributed by atoms with Gasteiger partial charge >= 0.3 is 0 Å². The molecular formula is C16H26FN3. The molecule has 2 rings (SSSR count). The highest BCUT2D eigenvalue weighted by Crippen LogP contribution is 2.27. The van der Waals surface area contributed by atoms with Gasteiger partial charge < -0.3 is 5.73 Å². The van der Waals surface area contributed by atoms with Crippen LogP contribution in [0, 0.1) is 5.82 Å². The van der Waals surface area contributed by atoms with E-state index in [1.165, 1.54) is 6.07 Å². The standard InChI is InChI=1S/C16H26FN3/c1-3-19(4-2)13-9-10-20(12-13)16(11-18)14-7-5-6-8-15(14)17/h5-8,13,16H,3-4,9-12,18H2,1-2H3. The summed E-state index contributed by atoms with van der Waals surface area (Å²) < 4.78 is 14.0. The van der Waals surface area contributed by atoms with Crippen LogP contribution in [0.3, 0.4) is 0 Å². The Bertz CT molecular complexity index is 420. The summed E-state index contributed by atoms with van der Waals surface area (Å²) in [6, 6.07) is 7.57. The number of nitrogens with zero attached hydrogens (tertiary/aromatic N) is 2. The van der Waals surface area contributed by atoms with Crippen LogP contribution in [0.1, 0.15) is 31.9 Å².